The molecule has 0 unspecified atom stereocenters. The molecule has 1 atom stereocenters. The molecule has 1 aromatic carbocycles. The summed E-state index contributed by atoms with van der Waals surface area (Å²) in [6.45, 7) is 1.86. The van der Waals surface area contributed by atoms with Gasteiger partial charge in [0, 0.05) is 9.50 Å². The van der Waals surface area contributed by atoms with E-state index in [0.717, 1.165) is 0 Å². The third kappa shape index (κ3) is 3.99. The van der Waals surface area contributed by atoms with Crippen LogP contribution >= 0.6 is 27.5 Å². The lowest BCUT2D eigenvalue weighted by Crippen LogP contribution is -2.40. The van der Waals surface area contributed by atoms with Gasteiger partial charge >= 0.3 is 5.97 Å². The highest BCUT2D eigenvalue weighted by Gasteiger charge is 2.20. The first-order valence-electron chi connectivity index (χ1n) is 5.44. The summed E-state index contributed by atoms with van der Waals surface area (Å²) in [6, 6.07) is 3.90. The SMILES string of the molecule is CCC[C@@H](NC(=O)c1cc(Cl)ccc1Br)C(=O)O. The van der Waals surface area contributed by atoms with Gasteiger partial charge in [-0.25, -0.2) is 4.79 Å². The van der Waals surface area contributed by atoms with Gasteiger partial charge in [0.05, 0.1) is 5.56 Å². The summed E-state index contributed by atoms with van der Waals surface area (Å²) in [6.07, 6.45) is 1.06. The zero-order chi connectivity index (χ0) is 13.7. The smallest absolute Gasteiger partial charge is 0.326 e. The van der Waals surface area contributed by atoms with E-state index in [1.807, 2.05) is 6.92 Å². The van der Waals surface area contributed by atoms with Crippen LogP contribution in [0.5, 0.6) is 0 Å². The van der Waals surface area contributed by atoms with E-state index in [4.69, 9.17) is 16.7 Å². The van der Waals surface area contributed by atoms with Crippen LogP contribution in [0.15, 0.2) is 22.7 Å². The van der Waals surface area contributed by atoms with Gasteiger partial charge in [-0.2, -0.15) is 0 Å². The van der Waals surface area contributed by atoms with Crippen LogP contribution in [0.25, 0.3) is 0 Å². The normalized spacial score (nSPS) is 11.9. The van der Waals surface area contributed by atoms with Crippen LogP contribution in [0, 0.1) is 0 Å². The van der Waals surface area contributed by atoms with Crippen molar-refractivity contribution in [3.8, 4) is 0 Å². The Morgan fingerprint density at radius 3 is 2.72 bits per heavy atom. The van der Waals surface area contributed by atoms with Gasteiger partial charge in [-0.15, -0.1) is 0 Å². The molecule has 0 saturated carbocycles. The number of benzene rings is 1. The maximum Gasteiger partial charge on any atom is 0.326 e. The molecule has 1 rings (SSSR count). The van der Waals surface area contributed by atoms with Gasteiger partial charge in [0.15, 0.2) is 0 Å². The summed E-state index contributed by atoms with van der Waals surface area (Å²) >= 11 is 9.03. The number of nitrogens with one attached hydrogen (secondary N) is 1. The first-order chi connectivity index (χ1) is 8.45. The fourth-order valence-corrected chi connectivity index (χ4v) is 2.05. The molecule has 0 fully saturated rings. The van der Waals surface area contributed by atoms with Crippen LogP contribution in [0.3, 0.4) is 0 Å². The van der Waals surface area contributed by atoms with Gasteiger partial charge in [0.25, 0.3) is 5.91 Å². The van der Waals surface area contributed by atoms with Crippen molar-refractivity contribution in [2.45, 2.75) is 25.8 Å². The van der Waals surface area contributed by atoms with Crippen LogP contribution < -0.4 is 5.32 Å². The lowest BCUT2D eigenvalue weighted by Gasteiger charge is -2.14. The molecular weight excluding hydrogens is 321 g/mol. The maximum atomic E-state index is 11.9. The lowest BCUT2D eigenvalue weighted by atomic mass is 10.1. The van der Waals surface area contributed by atoms with Gasteiger partial charge in [-0.3, -0.25) is 4.79 Å². The number of rotatable bonds is 5. The number of halogens is 2. The molecule has 0 radical (unpaired) electrons. The predicted molar refractivity (Wildman–Crippen MR) is 73.0 cm³/mol. The number of hydrogen-bond acceptors (Lipinski definition) is 2. The maximum absolute atomic E-state index is 11.9. The zero-order valence-electron chi connectivity index (χ0n) is 9.74. The van der Waals surface area contributed by atoms with E-state index >= 15 is 0 Å². The first kappa shape index (κ1) is 15.0. The average molecular weight is 335 g/mol. The molecule has 4 nitrogen and oxygen atoms in total. The van der Waals surface area contributed by atoms with Crippen molar-refractivity contribution in [1.29, 1.82) is 0 Å². The number of aliphatic carboxylic acids is 1. The summed E-state index contributed by atoms with van der Waals surface area (Å²) in [7, 11) is 0. The van der Waals surface area contributed by atoms with Gasteiger partial charge in [0.2, 0.25) is 0 Å². The second-order valence-electron chi connectivity index (χ2n) is 3.78. The monoisotopic (exact) mass is 333 g/mol. The quantitative estimate of drug-likeness (QED) is 0.869. The van der Waals surface area contributed by atoms with Crippen LogP contribution in [0.4, 0.5) is 0 Å². The van der Waals surface area contributed by atoms with Crippen LogP contribution in [0.1, 0.15) is 30.1 Å². The van der Waals surface area contributed by atoms with E-state index in [-0.39, 0.29) is 0 Å². The van der Waals surface area contributed by atoms with E-state index in [1.165, 1.54) is 6.07 Å². The fraction of sp³-hybridized carbons (Fsp3) is 0.333. The zero-order valence-corrected chi connectivity index (χ0v) is 12.1. The van der Waals surface area contributed by atoms with Crippen LogP contribution in [-0.4, -0.2) is 23.0 Å². The fourth-order valence-electron chi connectivity index (χ4n) is 1.45. The predicted octanol–water partition coefficient (Wildman–Crippen LogP) is 3.09. The topological polar surface area (TPSA) is 66.4 Å². The molecule has 0 aliphatic rings. The second-order valence-corrected chi connectivity index (χ2v) is 5.07. The number of carbonyl (C=O) groups excluding carboxylic acids is 1. The highest BCUT2D eigenvalue weighted by molar-refractivity contribution is 9.10. The van der Waals surface area contributed by atoms with Gasteiger partial charge in [-0.05, 0) is 40.5 Å². The van der Waals surface area contributed by atoms with E-state index in [2.05, 4.69) is 21.2 Å². The van der Waals surface area contributed by atoms with Gasteiger partial charge in [-0.1, -0.05) is 24.9 Å². The molecular formula is C12H13BrClNO3. The van der Waals surface area contributed by atoms with Crippen molar-refractivity contribution in [2.24, 2.45) is 0 Å². The minimum Gasteiger partial charge on any atom is -0.480 e. The minimum atomic E-state index is -1.04. The Labute approximate surface area is 118 Å². The molecule has 0 heterocycles. The Morgan fingerprint density at radius 2 is 2.17 bits per heavy atom. The Bertz CT molecular complexity index is 465. The Morgan fingerprint density at radius 1 is 1.50 bits per heavy atom. The summed E-state index contributed by atoms with van der Waals surface area (Å²) < 4.78 is 0.574. The molecule has 0 saturated heterocycles. The summed E-state index contributed by atoms with van der Waals surface area (Å²) in [5, 5.41) is 11.9. The number of carbonyl (C=O) groups is 2. The Balaban J connectivity index is 2.86. The van der Waals surface area contributed by atoms with Crippen molar-refractivity contribution in [3.05, 3.63) is 33.3 Å². The summed E-state index contributed by atoms with van der Waals surface area (Å²) in [5.41, 5.74) is 0.324. The molecule has 0 spiro atoms. The Kier molecular flexibility index (Phi) is 5.62. The standard InChI is InChI=1S/C12H13BrClNO3/c1-2-3-10(12(17)18)15-11(16)8-6-7(14)4-5-9(8)13/h4-6,10H,2-3H2,1H3,(H,15,16)(H,17,18)/t10-/m1/s1. The number of carboxylic acids is 1. The first-order valence-corrected chi connectivity index (χ1v) is 6.61. The molecule has 0 aliphatic heterocycles. The number of carboxylic acid groups (broad SMARTS) is 1. The molecule has 0 aliphatic carbocycles. The van der Waals surface area contributed by atoms with Crippen LogP contribution in [-0.2, 0) is 4.79 Å². The molecule has 0 bridgehead atoms. The minimum absolute atomic E-state index is 0.324. The second kappa shape index (κ2) is 6.75. The van der Waals surface area contributed by atoms with E-state index in [9.17, 15) is 9.59 Å². The van der Waals surface area contributed by atoms with Crippen molar-refractivity contribution < 1.29 is 14.7 Å². The average Bonchev–Trinajstić information content (AvgIpc) is 2.31. The molecule has 0 aromatic heterocycles. The molecule has 1 aromatic rings. The molecule has 1 amide bonds. The number of hydrogen-bond donors (Lipinski definition) is 2. The van der Waals surface area contributed by atoms with Crippen molar-refractivity contribution in [1.82, 2.24) is 5.32 Å². The molecule has 6 heteroatoms. The van der Waals surface area contributed by atoms with E-state index < -0.39 is 17.9 Å². The molecule has 98 valence electrons. The van der Waals surface area contributed by atoms with Crippen molar-refractivity contribution >= 4 is 39.4 Å². The summed E-state index contributed by atoms with van der Waals surface area (Å²) in [4.78, 5) is 22.9. The Hall–Kier alpha value is -1.07. The highest BCUT2D eigenvalue weighted by atomic mass is 79.9. The van der Waals surface area contributed by atoms with E-state index in [0.29, 0.717) is 27.9 Å². The van der Waals surface area contributed by atoms with Crippen LogP contribution in [0.2, 0.25) is 5.02 Å². The van der Waals surface area contributed by atoms with Crippen molar-refractivity contribution in [3.63, 3.8) is 0 Å². The summed E-state index contributed by atoms with van der Waals surface area (Å²) in [5.74, 6) is -1.49. The lowest BCUT2D eigenvalue weighted by molar-refractivity contribution is -0.139. The molecule has 18 heavy (non-hydrogen) atoms. The third-order valence-corrected chi connectivity index (χ3v) is 3.28. The molecule has 2 N–H and O–H groups in total. The van der Waals surface area contributed by atoms with Crippen molar-refractivity contribution in [2.75, 3.05) is 0 Å². The van der Waals surface area contributed by atoms with Gasteiger partial charge < -0.3 is 10.4 Å². The van der Waals surface area contributed by atoms with E-state index in [1.54, 1.807) is 12.1 Å². The highest BCUT2D eigenvalue weighted by Crippen LogP contribution is 2.21. The number of amides is 1. The largest absolute Gasteiger partial charge is 0.480 e. The van der Waals surface area contributed by atoms with Gasteiger partial charge in [0.1, 0.15) is 6.04 Å². The third-order valence-electron chi connectivity index (χ3n) is 2.35.